The molecular formula is C11H16N2OSi. The monoisotopic (exact) mass is 220 g/mol. The van der Waals surface area contributed by atoms with Gasteiger partial charge in [0.05, 0.1) is 7.11 Å². The molecule has 4 heteroatoms. The van der Waals surface area contributed by atoms with Crippen LogP contribution in [-0.2, 0) is 0 Å². The van der Waals surface area contributed by atoms with Crippen LogP contribution in [0.4, 0.5) is 0 Å². The first kappa shape index (κ1) is 11.7. The molecule has 0 spiro atoms. The summed E-state index contributed by atoms with van der Waals surface area (Å²) < 4.78 is 5.11. The van der Waals surface area contributed by atoms with E-state index in [1.54, 1.807) is 13.3 Å². The third kappa shape index (κ3) is 3.72. The van der Waals surface area contributed by atoms with Gasteiger partial charge in [-0.15, -0.1) is 5.54 Å². The molecule has 0 N–H and O–H groups in total. The van der Waals surface area contributed by atoms with Crippen LogP contribution in [0.25, 0.3) is 0 Å². The minimum Gasteiger partial charge on any atom is -0.481 e. The summed E-state index contributed by atoms with van der Waals surface area (Å²) in [7, 11) is 0.239. The third-order valence-corrected chi connectivity index (χ3v) is 2.54. The summed E-state index contributed by atoms with van der Waals surface area (Å²) in [5, 5.41) is 0. The molecule has 0 aliphatic rings. The number of aryl methyl sites for hydroxylation is 1. The smallest absolute Gasteiger partial charge is 0.220 e. The predicted molar refractivity (Wildman–Crippen MR) is 63.5 cm³/mol. The molecule has 0 atom stereocenters. The highest BCUT2D eigenvalue weighted by atomic mass is 28.3. The number of aromatic nitrogens is 2. The van der Waals surface area contributed by atoms with Crippen molar-refractivity contribution in [1.82, 2.24) is 9.97 Å². The minimum absolute atomic E-state index is 0.542. The predicted octanol–water partition coefficient (Wildman–Crippen LogP) is 2.02. The molecule has 80 valence electrons. The molecule has 0 fully saturated rings. The largest absolute Gasteiger partial charge is 0.481 e. The second-order valence-corrected chi connectivity index (χ2v) is 9.14. The van der Waals surface area contributed by atoms with E-state index in [4.69, 9.17) is 4.74 Å². The van der Waals surface area contributed by atoms with Crippen molar-refractivity contribution in [3.8, 4) is 17.3 Å². The molecule has 0 unspecified atom stereocenters. The Morgan fingerprint density at radius 3 is 2.53 bits per heavy atom. The van der Waals surface area contributed by atoms with Crippen LogP contribution in [0.15, 0.2) is 6.20 Å². The van der Waals surface area contributed by atoms with Gasteiger partial charge in [-0.1, -0.05) is 19.6 Å². The van der Waals surface area contributed by atoms with E-state index >= 15 is 0 Å². The molecule has 0 saturated carbocycles. The van der Waals surface area contributed by atoms with Crippen LogP contribution in [0.3, 0.4) is 0 Å². The van der Waals surface area contributed by atoms with E-state index in [1.165, 1.54) is 0 Å². The molecule has 0 aromatic carbocycles. The van der Waals surface area contributed by atoms with E-state index in [0.717, 1.165) is 5.56 Å². The number of methoxy groups -OCH3 is 1. The summed E-state index contributed by atoms with van der Waals surface area (Å²) >= 11 is 0. The maximum absolute atomic E-state index is 5.11. The highest BCUT2D eigenvalue weighted by Gasteiger charge is 2.08. The fraction of sp³-hybridized carbons (Fsp3) is 0.455. The Morgan fingerprint density at radius 2 is 2.00 bits per heavy atom. The fourth-order valence-electron chi connectivity index (χ4n) is 0.937. The van der Waals surface area contributed by atoms with E-state index in [1.807, 2.05) is 6.92 Å². The average molecular weight is 220 g/mol. The van der Waals surface area contributed by atoms with Gasteiger partial charge in [-0.2, -0.15) is 4.98 Å². The Hall–Kier alpha value is -1.34. The van der Waals surface area contributed by atoms with Crippen molar-refractivity contribution in [3.05, 3.63) is 17.6 Å². The lowest BCUT2D eigenvalue weighted by Gasteiger charge is -2.04. The molecule has 1 aromatic rings. The summed E-state index contributed by atoms with van der Waals surface area (Å²) in [6, 6.07) is 0. The standard InChI is InChI=1S/C11H16N2OSi/c1-9-8-12-10(13-11(9)14-2)6-7-15(3,4)5/h8H,1-5H3. The van der Waals surface area contributed by atoms with Crippen molar-refractivity contribution < 1.29 is 4.74 Å². The molecule has 1 rings (SSSR count). The van der Waals surface area contributed by atoms with Crippen molar-refractivity contribution in [1.29, 1.82) is 0 Å². The second kappa shape index (κ2) is 4.45. The van der Waals surface area contributed by atoms with Gasteiger partial charge in [0.1, 0.15) is 8.07 Å². The first-order valence-corrected chi connectivity index (χ1v) is 8.33. The lowest BCUT2D eigenvalue weighted by Crippen LogP contribution is -2.16. The van der Waals surface area contributed by atoms with Gasteiger partial charge in [0, 0.05) is 11.8 Å². The molecule has 0 bridgehead atoms. The van der Waals surface area contributed by atoms with Gasteiger partial charge >= 0.3 is 0 Å². The van der Waals surface area contributed by atoms with Crippen molar-refractivity contribution in [3.63, 3.8) is 0 Å². The second-order valence-electron chi connectivity index (χ2n) is 4.39. The molecule has 0 radical (unpaired) electrons. The van der Waals surface area contributed by atoms with Crippen molar-refractivity contribution in [2.24, 2.45) is 0 Å². The Bertz CT molecular complexity index is 413. The number of ether oxygens (including phenoxy) is 1. The normalized spacial score (nSPS) is 10.5. The number of hydrogen-bond acceptors (Lipinski definition) is 3. The molecule has 1 aromatic heterocycles. The third-order valence-electron chi connectivity index (χ3n) is 1.67. The molecule has 15 heavy (non-hydrogen) atoms. The molecule has 0 saturated heterocycles. The van der Waals surface area contributed by atoms with Crippen LogP contribution >= 0.6 is 0 Å². The molecule has 0 aliphatic heterocycles. The topological polar surface area (TPSA) is 35.0 Å². The molecule has 0 aliphatic carbocycles. The Labute approximate surface area is 91.9 Å². The van der Waals surface area contributed by atoms with Gasteiger partial charge in [-0.05, 0) is 12.8 Å². The number of rotatable bonds is 1. The van der Waals surface area contributed by atoms with Crippen molar-refractivity contribution in [2.75, 3.05) is 7.11 Å². The van der Waals surface area contributed by atoms with Gasteiger partial charge in [0.15, 0.2) is 0 Å². The van der Waals surface area contributed by atoms with E-state index in [0.29, 0.717) is 11.7 Å². The van der Waals surface area contributed by atoms with Crippen LogP contribution in [0, 0.1) is 18.4 Å². The van der Waals surface area contributed by atoms with Gasteiger partial charge in [-0.3, -0.25) is 0 Å². The lowest BCUT2D eigenvalue weighted by atomic mass is 10.4. The van der Waals surface area contributed by atoms with E-state index < -0.39 is 8.07 Å². The van der Waals surface area contributed by atoms with Crippen LogP contribution in [0.1, 0.15) is 11.4 Å². The molecule has 3 nitrogen and oxygen atoms in total. The zero-order valence-electron chi connectivity index (χ0n) is 9.88. The van der Waals surface area contributed by atoms with Crippen LogP contribution in [0.5, 0.6) is 5.88 Å². The van der Waals surface area contributed by atoms with Crippen molar-refractivity contribution in [2.45, 2.75) is 26.6 Å². The summed E-state index contributed by atoms with van der Waals surface area (Å²) in [6.45, 7) is 8.47. The SMILES string of the molecule is COc1nc(C#C[Si](C)(C)C)ncc1C. The highest BCUT2D eigenvalue weighted by molar-refractivity contribution is 6.83. The first-order valence-electron chi connectivity index (χ1n) is 4.83. The first-order chi connectivity index (χ1) is 6.92. The number of nitrogens with zero attached hydrogens (tertiary/aromatic N) is 2. The summed E-state index contributed by atoms with van der Waals surface area (Å²) in [5.74, 6) is 4.14. The van der Waals surface area contributed by atoms with Gasteiger partial charge in [0.25, 0.3) is 0 Å². The van der Waals surface area contributed by atoms with E-state index in [9.17, 15) is 0 Å². The van der Waals surface area contributed by atoms with Gasteiger partial charge in [0.2, 0.25) is 11.7 Å². The quantitative estimate of drug-likeness (QED) is 0.536. The van der Waals surface area contributed by atoms with Crippen LogP contribution in [-0.4, -0.2) is 25.2 Å². The molecular weight excluding hydrogens is 204 g/mol. The van der Waals surface area contributed by atoms with Crippen LogP contribution < -0.4 is 4.74 Å². The average Bonchev–Trinajstić information content (AvgIpc) is 2.15. The van der Waals surface area contributed by atoms with E-state index in [-0.39, 0.29) is 0 Å². The zero-order valence-corrected chi connectivity index (χ0v) is 10.9. The fourth-order valence-corrected chi connectivity index (χ4v) is 1.42. The summed E-state index contributed by atoms with van der Waals surface area (Å²) in [4.78, 5) is 8.36. The van der Waals surface area contributed by atoms with Crippen molar-refractivity contribution >= 4 is 8.07 Å². The molecule has 0 amide bonds. The minimum atomic E-state index is -1.36. The molecule has 1 heterocycles. The zero-order chi connectivity index (χ0) is 11.5. The van der Waals surface area contributed by atoms with Crippen LogP contribution in [0.2, 0.25) is 19.6 Å². The maximum Gasteiger partial charge on any atom is 0.220 e. The Kier molecular flexibility index (Phi) is 3.48. The lowest BCUT2D eigenvalue weighted by molar-refractivity contribution is 0.393. The summed E-state index contributed by atoms with van der Waals surface area (Å²) in [5.41, 5.74) is 4.14. The van der Waals surface area contributed by atoms with Gasteiger partial charge in [-0.25, -0.2) is 4.98 Å². The Morgan fingerprint density at radius 1 is 1.33 bits per heavy atom. The maximum atomic E-state index is 5.11. The summed E-state index contributed by atoms with van der Waals surface area (Å²) in [6.07, 6.45) is 1.74. The van der Waals surface area contributed by atoms with E-state index in [2.05, 4.69) is 41.1 Å². The Balaban J connectivity index is 3.01. The highest BCUT2D eigenvalue weighted by Crippen LogP contribution is 2.11. The van der Waals surface area contributed by atoms with Gasteiger partial charge < -0.3 is 4.74 Å². The number of hydrogen-bond donors (Lipinski definition) is 0.